The maximum absolute atomic E-state index is 3.73. The zero-order chi connectivity index (χ0) is 10.7. The summed E-state index contributed by atoms with van der Waals surface area (Å²) in [6.45, 7) is 4.80. The van der Waals surface area contributed by atoms with Gasteiger partial charge in [0.05, 0.1) is 0 Å². The molecule has 0 aromatic heterocycles. The van der Waals surface area contributed by atoms with Crippen molar-refractivity contribution in [2.45, 2.75) is 44.2 Å². The second-order valence-electron chi connectivity index (χ2n) is 5.10. The molecule has 0 radical (unpaired) electrons. The Morgan fingerprint density at radius 2 is 2.40 bits per heavy atom. The lowest BCUT2D eigenvalue weighted by atomic mass is 9.93. The fraction of sp³-hybridized carbons (Fsp3) is 1.00. The van der Waals surface area contributed by atoms with Crippen molar-refractivity contribution < 1.29 is 0 Å². The van der Waals surface area contributed by atoms with Gasteiger partial charge in [-0.2, -0.15) is 11.8 Å². The minimum Gasteiger partial charge on any atom is -0.310 e. The molecule has 0 saturated carbocycles. The maximum atomic E-state index is 3.73. The predicted octanol–water partition coefficient (Wildman–Crippen LogP) is 1.96. The standard InChI is InChI=1S/C12H24N2S/c1-3-12(6-4-7-13-12)10-14(2)11-5-8-15-9-11/h11,13H,3-10H2,1-2H3. The molecule has 2 heterocycles. The van der Waals surface area contributed by atoms with Crippen LogP contribution in [0.15, 0.2) is 0 Å². The summed E-state index contributed by atoms with van der Waals surface area (Å²) < 4.78 is 0. The van der Waals surface area contributed by atoms with Crippen LogP contribution in [0.25, 0.3) is 0 Å². The van der Waals surface area contributed by atoms with Crippen molar-refractivity contribution in [2.75, 3.05) is 31.6 Å². The highest BCUT2D eigenvalue weighted by Crippen LogP contribution is 2.27. The molecule has 3 heteroatoms. The summed E-state index contributed by atoms with van der Waals surface area (Å²) in [7, 11) is 2.31. The number of thioether (sulfide) groups is 1. The Balaban J connectivity index is 1.88. The van der Waals surface area contributed by atoms with Gasteiger partial charge in [-0.15, -0.1) is 0 Å². The monoisotopic (exact) mass is 228 g/mol. The summed E-state index contributed by atoms with van der Waals surface area (Å²) in [5, 5.41) is 3.73. The van der Waals surface area contributed by atoms with Crippen LogP contribution in [0.1, 0.15) is 32.6 Å². The fourth-order valence-corrected chi connectivity index (χ4v) is 4.19. The maximum Gasteiger partial charge on any atom is 0.0306 e. The molecule has 2 atom stereocenters. The van der Waals surface area contributed by atoms with Crippen molar-refractivity contribution in [3.63, 3.8) is 0 Å². The molecule has 2 saturated heterocycles. The van der Waals surface area contributed by atoms with E-state index < -0.39 is 0 Å². The van der Waals surface area contributed by atoms with Crippen molar-refractivity contribution in [2.24, 2.45) is 0 Å². The van der Waals surface area contributed by atoms with E-state index in [9.17, 15) is 0 Å². The van der Waals surface area contributed by atoms with Gasteiger partial charge in [-0.1, -0.05) is 6.92 Å². The van der Waals surface area contributed by atoms with E-state index in [0.29, 0.717) is 5.54 Å². The third-order valence-electron chi connectivity index (χ3n) is 4.09. The Kier molecular flexibility index (Phi) is 3.97. The van der Waals surface area contributed by atoms with Gasteiger partial charge >= 0.3 is 0 Å². The summed E-state index contributed by atoms with van der Waals surface area (Å²) in [6, 6.07) is 0.834. The second kappa shape index (κ2) is 5.07. The third-order valence-corrected chi connectivity index (χ3v) is 5.23. The van der Waals surface area contributed by atoms with Gasteiger partial charge in [0.15, 0.2) is 0 Å². The van der Waals surface area contributed by atoms with Gasteiger partial charge in [0.2, 0.25) is 0 Å². The van der Waals surface area contributed by atoms with Crippen molar-refractivity contribution in [1.82, 2.24) is 10.2 Å². The van der Waals surface area contributed by atoms with Gasteiger partial charge in [-0.3, -0.25) is 0 Å². The third kappa shape index (κ3) is 2.69. The first-order valence-electron chi connectivity index (χ1n) is 6.29. The topological polar surface area (TPSA) is 15.3 Å². The lowest BCUT2D eigenvalue weighted by molar-refractivity contribution is 0.181. The fourth-order valence-electron chi connectivity index (χ4n) is 2.89. The molecule has 2 fully saturated rings. The first kappa shape index (κ1) is 11.7. The molecule has 2 rings (SSSR count). The van der Waals surface area contributed by atoms with E-state index in [1.807, 2.05) is 0 Å². The van der Waals surface area contributed by atoms with Gasteiger partial charge in [-0.25, -0.2) is 0 Å². The van der Waals surface area contributed by atoms with Crippen LogP contribution in [0.2, 0.25) is 0 Å². The highest BCUT2D eigenvalue weighted by molar-refractivity contribution is 7.99. The average Bonchev–Trinajstić information content (AvgIpc) is 2.88. The number of nitrogens with zero attached hydrogens (tertiary/aromatic N) is 1. The van der Waals surface area contributed by atoms with Crippen LogP contribution in [0.3, 0.4) is 0 Å². The van der Waals surface area contributed by atoms with Crippen LogP contribution < -0.4 is 5.32 Å². The van der Waals surface area contributed by atoms with E-state index in [4.69, 9.17) is 0 Å². The summed E-state index contributed by atoms with van der Waals surface area (Å²) >= 11 is 2.11. The van der Waals surface area contributed by atoms with Crippen molar-refractivity contribution in [3.05, 3.63) is 0 Å². The molecule has 2 nitrogen and oxygen atoms in total. The minimum absolute atomic E-state index is 0.433. The van der Waals surface area contributed by atoms with Crippen LogP contribution in [0.5, 0.6) is 0 Å². The Morgan fingerprint density at radius 1 is 1.53 bits per heavy atom. The Labute approximate surface area is 98.2 Å². The molecule has 0 amide bonds. The zero-order valence-corrected chi connectivity index (χ0v) is 10.9. The molecule has 0 spiro atoms. The molecule has 0 aliphatic carbocycles. The van der Waals surface area contributed by atoms with E-state index in [1.165, 1.54) is 50.3 Å². The normalized spacial score (nSPS) is 36.6. The second-order valence-corrected chi connectivity index (χ2v) is 6.25. The SMILES string of the molecule is CCC1(CN(C)C2CCSC2)CCCN1. The Hall–Kier alpha value is 0.270. The van der Waals surface area contributed by atoms with Gasteiger partial charge in [0, 0.05) is 23.9 Å². The lowest BCUT2D eigenvalue weighted by Crippen LogP contribution is -2.51. The summed E-state index contributed by atoms with van der Waals surface area (Å²) in [4.78, 5) is 2.60. The first-order valence-corrected chi connectivity index (χ1v) is 7.44. The van der Waals surface area contributed by atoms with Crippen LogP contribution in [0.4, 0.5) is 0 Å². The first-order chi connectivity index (χ1) is 7.26. The Bertz CT molecular complexity index is 196. The van der Waals surface area contributed by atoms with Gasteiger partial charge < -0.3 is 10.2 Å². The van der Waals surface area contributed by atoms with Crippen LogP contribution in [0, 0.1) is 0 Å². The smallest absolute Gasteiger partial charge is 0.0306 e. The average molecular weight is 228 g/mol. The molecular weight excluding hydrogens is 204 g/mol. The van der Waals surface area contributed by atoms with Crippen LogP contribution in [-0.4, -0.2) is 48.1 Å². The quantitative estimate of drug-likeness (QED) is 0.792. The number of nitrogens with one attached hydrogen (secondary N) is 1. The number of hydrogen-bond donors (Lipinski definition) is 1. The molecule has 1 N–H and O–H groups in total. The van der Waals surface area contributed by atoms with E-state index in [-0.39, 0.29) is 0 Å². The molecule has 2 aliphatic heterocycles. The summed E-state index contributed by atoms with van der Waals surface area (Å²) in [6.07, 6.45) is 5.40. The van der Waals surface area contributed by atoms with Gasteiger partial charge in [0.25, 0.3) is 0 Å². The number of rotatable bonds is 4. The lowest BCUT2D eigenvalue weighted by Gasteiger charge is -2.35. The summed E-state index contributed by atoms with van der Waals surface area (Å²) in [5.74, 6) is 2.71. The van der Waals surface area contributed by atoms with Crippen LogP contribution >= 0.6 is 11.8 Å². The highest BCUT2D eigenvalue weighted by atomic mass is 32.2. The Morgan fingerprint density at radius 3 is 2.93 bits per heavy atom. The molecule has 0 aromatic rings. The molecule has 0 bridgehead atoms. The van der Waals surface area contributed by atoms with E-state index in [1.54, 1.807) is 0 Å². The largest absolute Gasteiger partial charge is 0.310 e. The zero-order valence-electron chi connectivity index (χ0n) is 10.1. The van der Waals surface area contributed by atoms with E-state index in [0.717, 1.165) is 6.04 Å². The van der Waals surface area contributed by atoms with Crippen LogP contribution in [-0.2, 0) is 0 Å². The van der Waals surface area contributed by atoms with Gasteiger partial charge in [0.1, 0.15) is 0 Å². The van der Waals surface area contributed by atoms with Gasteiger partial charge in [-0.05, 0) is 45.0 Å². The predicted molar refractivity (Wildman–Crippen MR) is 68.6 cm³/mol. The van der Waals surface area contributed by atoms with Crippen molar-refractivity contribution in [1.29, 1.82) is 0 Å². The van der Waals surface area contributed by atoms with Crippen molar-refractivity contribution in [3.8, 4) is 0 Å². The molecule has 0 aromatic carbocycles. The molecule has 2 unspecified atom stereocenters. The van der Waals surface area contributed by atoms with E-state index in [2.05, 4.69) is 35.9 Å². The molecular formula is C12H24N2S. The minimum atomic E-state index is 0.433. The molecule has 2 aliphatic rings. The summed E-state index contributed by atoms with van der Waals surface area (Å²) in [5.41, 5.74) is 0.433. The van der Waals surface area contributed by atoms with Crippen molar-refractivity contribution >= 4 is 11.8 Å². The van der Waals surface area contributed by atoms with E-state index >= 15 is 0 Å². The molecule has 15 heavy (non-hydrogen) atoms. The number of hydrogen-bond acceptors (Lipinski definition) is 3. The molecule has 88 valence electrons. The highest BCUT2D eigenvalue weighted by Gasteiger charge is 2.34. The number of likely N-dealkylation sites (N-methyl/N-ethyl adjacent to an activating group) is 1.